The fourth-order valence-corrected chi connectivity index (χ4v) is 2.45. The lowest BCUT2D eigenvalue weighted by molar-refractivity contribution is -0.142. The van der Waals surface area contributed by atoms with E-state index in [2.05, 4.69) is 5.32 Å². The molecule has 19 heavy (non-hydrogen) atoms. The van der Waals surface area contributed by atoms with Crippen LogP contribution in [0, 0.1) is 5.92 Å². The number of carbonyl (C=O) groups excluding carboxylic acids is 1. The van der Waals surface area contributed by atoms with Crippen molar-refractivity contribution < 1.29 is 14.7 Å². The van der Waals surface area contributed by atoms with E-state index in [-0.39, 0.29) is 17.9 Å². The van der Waals surface area contributed by atoms with Gasteiger partial charge in [0.05, 0.1) is 0 Å². The normalized spacial score (nSPS) is 23.8. The molecule has 1 aliphatic carbocycles. The van der Waals surface area contributed by atoms with Gasteiger partial charge in [-0.2, -0.15) is 0 Å². The van der Waals surface area contributed by atoms with Crippen LogP contribution in [-0.4, -0.2) is 23.0 Å². The topological polar surface area (TPSA) is 92.4 Å². The summed E-state index contributed by atoms with van der Waals surface area (Å²) in [7, 11) is 0. The summed E-state index contributed by atoms with van der Waals surface area (Å²) in [5, 5.41) is 11.8. The SMILES string of the molecule is NC1CCC(C(=O)N[C@H](C(=O)O)c2ccccc2)C1. The van der Waals surface area contributed by atoms with Gasteiger partial charge in [0.2, 0.25) is 5.91 Å². The Kier molecular flexibility index (Phi) is 4.16. The second-order valence-corrected chi connectivity index (χ2v) is 4.96. The molecule has 0 spiro atoms. The molecular formula is C14H18N2O3. The first-order chi connectivity index (χ1) is 9.08. The van der Waals surface area contributed by atoms with Gasteiger partial charge < -0.3 is 16.2 Å². The first-order valence-electron chi connectivity index (χ1n) is 6.41. The van der Waals surface area contributed by atoms with Crippen molar-refractivity contribution >= 4 is 11.9 Å². The van der Waals surface area contributed by atoms with E-state index in [0.29, 0.717) is 12.0 Å². The van der Waals surface area contributed by atoms with Crippen LogP contribution in [-0.2, 0) is 9.59 Å². The van der Waals surface area contributed by atoms with Crippen LogP contribution in [0.25, 0.3) is 0 Å². The van der Waals surface area contributed by atoms with E-state index in [4.69, 9.17) is 5.73 Å². The fraction of sp³-hybridized carbons (Fsp3) is 0.429. The second kappa shape index (κ2) is 5.84. The first kappa shape index (κ1) is 13.5. The van der Waals surface area contributed by atoms with Gasteiger partial charge in [-0.05, 0) is 24.8 Å². The molecule has 1 aliphatic rings. The van der Waals surface area contributed by atoms with E-state index < -0.39 is 12.0 Å². The molecule has 0 bridgehead atoms. The largest absolute Gasteiger partial charge is 0.479 e. The van der Waals surface area contributed by atoms with E-state index in [9.17, 15) is 14.7 Å². The number of amides is 1. The van der Waals surface area contributed by atoms with Crippen molar-refractivity contribution in [3.8, 4) is 0 Å². The molecular weight excluding hydrogens is 244 g/mol. The van der Waals surface area contributed by atoms with Gasteiger partial charge >= 0.3 is 5.97 Å². The van der Waals surface area contributed by atoms with Crippen LogP contribution < -0.4 is 11.1 Å². The summed E-state index contributed by atoms with van der Waals surface area (Å²) in [5.41, 5.74) is 6.34. The lowest BCUT2D eigenvalue weighted by Crippen LogP contribution is -2.37. The minimum absolute atomic E-state index is 0.0516. The molecule has 0 heterocycles. The van der Waals surface area contributed by atoms with Crippen molar-refractivity contribution in [2.75, 3.05) is 0 Å². The number of hydrogen-bond donors (Lipinski definition) is 3. The molecule has 1 fully saturated rings. The van der Waals surface area contributed by atoms with E-state index in [1.165, 1.54) is 0 Å². The fourth-order valence-electron chi connectivity index (χ4n) is 2.45. The molecule has 1 aromatic carbocycles. The highest BCUT2D eigenvalue weighted by Gasteiger charge is 2.31. The van der Waals surface area contributed by atoms with E-state index >= 15 is 0 Å². The van der Waals surface area contributed by atoms with Gasteiger partial charge in [-0.15, -0.1) is 0 Å². The van der Waals surface area contributed by atoms with Gasteiger partial charge in [0.1, 0.15) is 0 Å². The lowest BCUT2D eigenvalue weighted by atomic mass is 10.0. The standard InChI is InChI=1S/C14H18N2O3/c15-11-7-6-10(8-11)13(17)16-12(14(18)19)9-4-2-1-3-5-9/h1-5,10-12H,6-8,15H2,(H,16,17)(H,18,19)/t10?,11?,12-/m0/s1. The Hall–Kier alpha value is -1.88. The van der Waals surface area contributed by atoms with Gasteiger partial charge in [-0.3, -0.25) is 4.79 Å². The highest BCUT2D eigenvalue weighted by atomic mass is 16.4. The molecule has 1 amide bonds. The van der Waals surface area contributed by atoms with E-state index in [1.54, 1.807) is 30.3 Å². The maximum absolute atomic E-state index is 12.0. The quantitative estimate of drug-likeness (QED) is 0.756. The van der Waals surface area contributed by atoms with Crippen molar-refractivity contribution in [1.29, 1.82) is 0 Å². The third-order valence-electron chi connectivity index (χ3n) is 3.51. The van der Waals surface area contributed by atoms with Gasteiger partial charge in [-0.25, -0.2) is 4.79 Å². The number of aliphatic carboxylic acids is 1. The summed E-state index contributed by atoms with van der Waals surface area (Å²) in [6.45, 7) is 0. The molecule has 102 valence electrons. The molecule has 0 aromatic heterocycles. The highest BCUT2D eigenvalue weighted by molar-refractivity contribution is 5.86. The molecule has 1 aromatic rings. The monoisotopic (exact) mass is 262 g/mol. The molecule has 4 N–H and O–H groups in total. The third kappa shape index (κ3) is 3.32. The summed E-state index contributed by atoms with van der Waals surface area (Å²) in [5.74, 6) is -1.44. The molecule has 1 saturated carbocycles. The predicted octanol–water partition coefficient (Wildman–Crippen LogP) is 1.06. The molecule has 0 radical (unpaired) electrons. The van der Waals surface area contributed by atoms with Crippen LogP contribution >= 0.6 is 0 Å². The maximum Gasteiger partial charge on any atom is 0.330 e. The third-order valence-corrected chi connectivity index (χ3v) is 3.51. The zero-order valence-electron chi connectivity index (χ0n) is 10.6. The Morgan fingerprint density at radius 2 is 1.95 bits per heavy atom. The Balaban J connectivity index is 2.05. The number of carboxylic acid groups (broad SMARTS) is 1. The zero-order chi connectivity index (χ0) is 13.8. The number of nitrogens with one attached hydrogen (secondary N) is 1. The van der Waals surface area contributed by atoms with Crippen LogP contribution in [0.4, 0.5) is 0 Å². The van der Waals surface area contributed by atoms with Gasteiger partial charge in [0, 0.05) is 12.0 Å². The van der Waals surface area contributed by atoms with Crippen molar-refractivity contribution in [2.45, 2.75) is 31.3 Å². The van der Waals surface area contributed by atoms with Crippen molar-refractivity contribution in [1.82, 2.24) is 5.32 Å². The van der Waals surface area contributed by atoms with E-state index in [0.717, 1.165) is 12.8 Å². The van der Waals surface area contributed by atoms with Crippen LogP contribution in [0.1, 0.15) is 30.9 Å². The summed E-state index contributed by atoms with van der Waals surface area (Å²) in [6.07, 6.45) is 2.18. The summed E-state index contributed by atoms with van der Waals surface area (Å²) in [6, 6.07) is 7.76. The van der Waals surface area contributed by atoms with Crippen LogP contribution in [0.2, 0.25) is 0 Å². The number of rotatable bonds is 4. The van der Waals surface area contributed by atoms with Gasteiger partial charge in [-0.1, -0.05) is 30.3 Å². The smallest absolute Gasteiger partial charge is 0.330 e. The molecule has 2 unspecified atom stereocenters. The molecule has 2 rings (SSSR count). The Labute approximate surface area is 111 Å². The summed E-state index contributed by atoms with van der Waals surface area (Å²) in [4.78, 5) is 23.3. The average Bonchev–Trinajstić information content (AvgIpc) is 2.83. The van der Waals surface area contributed by atoms with E-state index in [1.807, 2.05) is 0 Å². The second-order valence-electron chi connectivity index (χ2n) is 4.96. The van der Waals surface area contributed by atoms with Crippen LogP contribution in [0.5, 0.6) is 0 Å². The molecule has 5 heteroatoms. The molecule has 5 nitrogen and oxygen atoms in total. The number of nitrogens with two attached hydrogens (primary N) is 1. The minimum Gasteiger partial charge on any atom is -0.479 e. The number of carboxylic acids is 1. The maximum atomic E-state index is 12.0. The number of carbonyl (C=O) groups is 2. The summed E-state index contributed by atoms with van der Waals surface area (Å²) < 4.78 is 0. The van der Waals surface area contributed by atoms with Crippen molar-refractivity contribution in [3.63, 3.8) is 0 Å². The average molecular weight is 262 g/mol. The van der Waals surface area contributed by atoms with Gasteiger partial charge in [0.15, 0.2) is 6.04 Å². The van der Waals surface area contributed by atoms with Crippen LogP contribution in [0.3, 0.4) is 0 Å². The van der Waals surface area contributed by atoms with Gasteiger partial charge in [0.25, 0.3) is 0 Å². The molecule has 0 aliphatic heterocycles. The predicted molar refractivity (Wildman–Crippen MR) is 70.3 cm³/mol. The molecule has 3 atom stereocenters. The Morgan fingerprint density at radius 1 is 1.26 bits per heavy atom. The highest BCUT2D eigenvalue weighted by Crippen LogP contribution is 2.25. The lowest BCUT2D eigenvalue weighted by Gasteiger charge is -2.17. The Bertz CT molecular complexity index is 461. The number of benzene rings is 1. The minimum atomic E-state index is -1.05. The first-order valence-corrected chi connectivity index (χ1v) is 6.41. The van der Waals surface area contributed by atoms with Crippen molar-refractivity contribution in [2.24, 2.45) is 11.7 Å². The summed E-state index contributed by atoms with van der Waals surface area (Å²) >= 11 is 0. The van der Waals surface area contributed by atoms with Crippen LogP contribution in [0.15, 0.2) is 30.3 Å². The zero-order valence-corrected chi connectivity index (χ0v) is 10.6. The molecule has 0 saturated heterocycles. The Morgan fingerprint density at radius 3 is 2.47 bits per heavy atom. The van der Waals surface area contributed by atoms with Crippen molar-refractivity contribution in [3.05, 3.63) is 35.9 Å². The number of hydrogen-bond acceptors (Lipinski definition) is 3.